The zero-order valence-electron chi connectivity index (χ0n) is 10.0. The Balaban J connectivity index is 1.79. The second-order valence-electron chi connectivity index (χ2n) is 4.65. The van der Waals surface area contributed by atoms with Gasteiger partial charge >= 0.3 is 0 Å². The van der Waals surface area contributed by atoms with E-state index in [2.05, 4.69) is 0 Å². The summed E-state index contributed by atoms with van der Waals surface area (Å²) in [5.74, 6) is 1.08. The van der Waals surface area contributed by atoms with E-state index in [1.165, 1.54) is 25.7 Å². The van der Waals surface area contributed by atoms with E-state index < -0.39 is 5.91 Å². The summed E-state index contributed by atoms with van der Waals surface area (Å²) in [6.45, 7) is 0.667. The summed E-state index contributed by atoms with van der Waals surface area (Å²) in [6, 6.07) is 7.14. The van der Waals surface area contributed by atoms with Crippen molar-refractivity contribution in [2.75, 3.05) is 6.61 Å². The monoisotopic (exact) mass is 233 g/mol. The molecule has 3 nitrogen and oxygen atoms in total. The minimum atomic E-state index is -0.431. The van der Waals surface area contributed by atoms with Gasteiger partial charge in [0, 0.05) is 0 Å². The zero-order chi connectivity index (χ0) is 12.1. The summed E-state index contributed by atoms with van der Waals surface area (Å²) in [5, 5.41) is 0. The Morgan fingerprint density at radius 2 is 2.12 bits per heavy atom. The molecule has 0 unspecified atom stereocenters. The first-order valence-corrected chi connectivity index (χ1v) is 6.29. The van der Waals surface area contributed by atoms with Crippen molar-refractivity contribution in [1.82, 2.24) is 0 Å². The number of primary amides is 1. The molecule has 0 bridgehead atoms. The van der Waals surface area contributed by atoms with Crippen molar-refractivity contribution in [2.24, 2.45) is 11.7 Å². The van der Waals surface area contributed by atoms with Crippen LogP contribution in [0.15, 0.2) is 24.3 Å². The lowest BCUT2D eigenvalue weighted by Gasteiger charge is -2.25. The molecular weight excluding hydrogens is 214 g/mol. The van der Waals surface area contributed by atoms with Gasteiger partial charge in [0.1, 0.15) is 5.75 Å². The van der Waals surface area contributed by atoms with Gasteiger partial charge in [-0.2, -0.15) is 0 Å². The number of ether oxygens (including phenoxy) is 1. The van der Waals surface area contributed by atoms with Crippen LogP contribution in [0.25, 0.3) is 0 Å². The Morgan fingerprint density at radius 3 is 2.76 bits per heavy atom. The number of hydrogen-bond acceptors (Lipinski definition) is 2. The third-order valence-corrected chi connectivity index (χ3v) is 3.39. The highest BCUT2D eigenvalue weighted by molar-refractivity contribution is 5.95. The van der Waals surface area contributed by atoms with Gasteiger partial charge in [-0.25, -0.2) is 0 Å². The molecule has 1 amide bonds. The van der Waals surface area contributed by atoms with Crippen LogP contribution >= 0.6 is 0 Å². The fraction of sp³-hybridized carbons (Fsp3) is 0.500. The molecule has 1 aliphatic carbocycles. The Hall–Kier alpha value is -1.51. The van der Waals surface area contributed by atoms with Crippen LogP contribution in [-0.2, 0) is 0 Å². The predicted molar refractivity (Wildman–Crippen MR) is 67.0 cm³/mol. The van der Waals surface area contributed by atoms with Crippen LogP contribution in [0, 0.1) is 5.92 Å². The quantitative estimate of drug-likeness (QED) is 0.768. The van der Waals surface area contributed by atoms with E-state index in [0.29, 0.717) is 17.9 Å². The van der Waals surface area contributed by atoms with E-state index in [9.17, 15) is 4.79 Å². The van der Waals surface area contributed by atoms with E-state index in [1.54, 1.807) is 18.2 Å². The van der Waals surface area contributed by atoms with Crippen LogP contribution in [0.3, 0.4) is 0 Å². The van der Waals surface area contributed by atoms with Gasteiger partial charge in [0.2, 0.25) is 0 Å². The lowest BCUT2D eigenvalue weighted by Crippen LogP contribution is -2.14. The molecule has 0 aliphatic heterocycles. The molecule has 3 heteroatoms. The van der Waals surface area contributed by atoms with Gasteiger partial charge in [0.15, 0.2) is 0 Å². The summed E-state index contributed by atoms with van der Waals surface area (Å²) in [6.07, 6.45) is 6.42. The molecule has 17 heavy (non-hydrogen) atoms. The minimum Gasteiger partial charge on any atom is -0.493 e. The Kier molecular flexibility index (Phi) is 4.02. The second kappa shape index (κ2) is 5.71. The van der Waals surface area contributed by atoms with Crippen LogP contribution in [0.5, 0.6) is 5.75 Å². The molecule has 2 N–H and O–H groups in total. The standard InChI is InChI=1S/C14H19NO2/c15-14(16)12-8-1-2-9-13(12)17-10-4-7-11-5-3-6-11/h1-2,8-9,11H,3-7,10H2,(H2,15,16). The van der Waals surface area contributed by atoms with Gasteiger partial charge in [-0.05, 0) is 30.9 Å². The maximum atomic E-state index is 11.2. The van der Waals surface area contributed by atoms with Crippen molar-refractivity contribution in [3.63, 3.8) is 0 Å². The summed E-state index contributed by atoms with van der Waals surface area (Å²) in [5.41, 5.74) is 5.75. The molecule has 0 saturated heterocycles. The first-order valence-electron chi connectivity index (χ1n) is 6.29. The third kappa shape index (κ3) is 3.22. The van der Waals surface area contributed by atoms with Crippen LogP contribution in [0.1, 0.15) is 42.5 Å². The predicted octanol–water partition coefficient (Wildman–Crippen LogP) is 2.74. The summed E-state index contributed by atoms with van der Waals surface area (Å²) >= 11 is 0. The lowest BCUT2D eigenvalue weighted by molar-refractivity contribution is 0.0996. The van der Waals surface area contributed by atoms with Crippen molar-refractivity contribution in [3.8, 4) is 5.75 Å². The Bertz CT molecular complexity index is 386. The number of benzene rings is 1. The van der Waals surface area contributed by atoms with E-state index in [0.717, 1.165) is 12.3 Å². The van der Waals surface area contributed by atoms with Crippen LogP contribution in [-0.4, -0.2) is 12.5 Å². The van der Waals surface area contributed by atoms with Gasteiger partial charge in [-0.1, -0.05) is 31.4 Å². The Labute approximate surface area is 102 Å². The van der Waals surface area contributed by atoms with E-state index >= 15 is 0 Å². The SMILES string of the molecule is NC(=O)c1ccccc1OCCCC1CCC1. The van der Waals surface area contributed by atoms with Crippen LogP contribution < -0.4 is 10.5 Å². The van der Waals surface area contributed by atoms with Crippen molar-refractivity contribution < 1.29 is 9.53 Å². The van der Waals surface area contributed by atoms with E-state index in [4.69, 9.17) is 10.5 Å². The number of carbonyl (C=O) groups is 1. The van der Waals surface area contributed by atoms with Gasteiger partial charge in [-0.3, -0.25) is 4.79 Å². The molecule has 0 radical (unpaired) electrons. The summed E-state index contributed by atoms with van der Waals surface area (Å²) in [4.78, 5) is 11.2. The van der Waals surface area contributed by atoms with Crippen molar-refractivity contribution in [3.05, 3.63) is 29.8 Å². The van der Waals surface area contributed by atoms with Crippen molar-refractivity contribution in [1.29, 1.82) is 0 Å². The normalized spacial score (nSPS) is 15.3. The fourth-order valence-electron chi connectivity index (χ4n) is 2.13. The lowest BCUT2D eigenvalue weighted by atomic mass is 9.82. The molecule has 1 aliphatic rings. The fourth-order valence-corrected chi connectivity index (χ4v) is 2.13. The zero-order valence-corrected chi connectivity index (χ0v) is 10.0. The molecule has 0 atom stereocenters. The molecule has 1 saturated carbocycles. The highest BCUT2D eigenvalue weighted by Gasteiger charge is 2.16. The van der Waals surface area contributed by atoms with Crippen molar-refractivity contribution in [2.45, 2.75) is 32.1 Å². The smallest absolute Gasteiger partial charge is 0.252 e. The van der Waals surface area contributed by atoms with E-state index in [-0.39, 0.29) is 0 Å². The maximum Gasteiger partial charge on any atom is 0.252 e. The highest BCUT2D eigenvalue weighted by Crippen LogP contribution is 2.30. The van der Waals surface area contributed by atoms with Crippen LogP contribution in [0.2, 0.25) is 0 Å². The Morgan fingerprint density at radius 1 is 1.35 bits per heavy atom. The molecule has 0 heterocycles. The maximum absolute atomic E-state index is 11.2. The highest BCUT2D eigenvalue weighted by atomic mass is 16.5. The average Bonchev–Trinajstić information content (AvgIpc) is 2.26. The van der Waals surface area contributed by atoms with Gasteiger partial charge in [0.05, 0.1) is 12.2 Å². The van der Waals surface area contributed by atoms with Gasteiger partial charge in [0.25, 0.3) is 5.91 Å². The molecule has 2 rings (SSSR count). The van der Waals surface area contributed by atoms with Gasteiger partial charge < -0.3 is 10.5 Å². The number of nitrogens with two attached hydrogens (primary N) is 1. The molecule has 0 aromatic heterocycles. The molecule has 1 aromatic carbocycles. The molecule has 1 fully saturated rings. The number of carbonyl (C=O) groups excluding carboxylic acids is 1. The first kappa shape index (κ1) is 12.0. The summed E-state index contributed by atoms with van der Waals surface area (Å²) in [7, 11) is 0. The van der Waals surface area contributed by atoms with Gasteiger partial charge in [-0.15, -0.1) is 0 Å². The molecule has 0 spiro atoms. The van der Waals surface area contributed by atoms with E-state index in [1.807, 2.05) is 6.07 Å². The minimum absolute atomic E-state index is 0.431. The molecule has 92 valence electrons. The number of rotatable bonds is 6. The van der Waals surface area contributed by atoms with Crippen molar-refractivity contribution >= 4 is 5.91 Å². The topological polar surface area (TPSA) is 52.3 Å². The molecule has 1 aromatic rings. The van der Waals surface area contributed by atoms with Crippen LogP contribution in [0.4, 0.5) is 0 Å². The average molecular weight is 233 g/mol. The number of hydrogen-bond donors (Lipinski definition) is 1. The largest absolute Gasteiger partial charge is 0.493 e. The number of para-hydroxylation sites is 1. The third-order valence-electron chi connectivity index (χ3n) is 3.39. The second-order valence-corrected chi connectivity index (χ2v) is 4.65. The number of amides is 1. The first-order chi connectivity index (χ1) is 8.27. The molecular formula is C14H19NO2. The summed E-state index contributed by atoms with van der Waals surface area (Å²) < 4.78 is 5.62.